The molecule has 1 amide bonds. The molecule has 1 aliphatic carbocycles. The summed E-state index contributed by atoms with van der Waals surface area (Å²) in [6, 6.07) is 0. The van der Waals surface area contributed by atoms with Gasteiger partial charge in [-0.05, 0) is 39.9 Å². The molecule has 19 heavy (non-hydrogen) atoms. The van der Waals surface area contributed by atoms with Gasteiger partial charge in [-0.15, -0.1) is 0 Å². The first kappa shape index (κ1) is 16.4. The van der Waals surface area contributed by atoms with Crippen LogP contribution in [0.4, 0.5) is 0 Å². The fourth-order valence-electron chi connectivity index (χ4n) is 3.18. The molecule has 2 N–H and O–H groups in total. The van der Waals surface area contributed by atoms with Gasteiger partial charge < -0.3 is 15.5 Å². The van der Waals surface area contributed by atoms with E-state index in [0.717, 1.165) is 19.0 Å². The largest absolute Gasteiger partial charge is 0.354 e. The average molecular weight is 269 g/mol. The van der Waals surface area contributed by atoms with Crippen molar-refractivity contribution in [3.8, 4) is 0 Å². The lowest BCUT2D eigenvalue weighted by Gasteiger charge is -2.45. The van der Waals surface area contributed by atoms with Crippen molar-refractivity contribution in [3.05, 3.63) is 0 Å². The Kier molecular flexibility index (Phi) is 6.27. The Bertz CT molecular complexity index is 293. The van der Waals surface area contributed by atoms with Crippen molar-refractivity contribution in [3.63, 3.8) is 0 Å². The van der Waals surface area contributed by atoms with Crippen molar-refractivity contribution in [2.75, 3.05) is 34.2 Å². The highest BCUT2D eigenvalue weighted by molar-refractivity contribution is 5.78. The van der Waals surface area contributed by atoms with E-state index in [-0.39, 0.29) is 17.4 Å². The molecule has 0 aromatic heterocycles. The zero-order chi connectivity index (χ0) is 14.5. The SMILES string of the molecule is CNCC(C)C(=O)NCC1(N(C)C)CCCC(C)C1. The molecule has 0 heterocycles. The van der Waals surface area contributed by atoms with Crippen LogP contribution in [0.25, 0.3) is 0 Å². The van der Waals surface area contributed by atoms with Gasteiger partial charge in [0.1, 0.15) is 0 Å². The third kappa shape index (κ3) is 4.46. The van der Waals surface area contributed by atoms with E-state index < -0.39 is 0 Å². The summed E-state index contributed by atoms with van der Waals surface area (Å²) in [5.74, 6) is 0.946. The van der Waals surface area contributed by atoms with Crippen molar-refractivity contribution < 1.29 is 4.79 Å². The molecular weight excluding hydrogens is 238 g/mol. The minimum absolute atomic E-state index is 0.0326. The molecule has 1 fully saturated rings. The number of rotatable bonds is 6. The summed E-state index contributed by atoms with van der Waals surface area (Å²) in [6.07, 6.45) is 4.95. The molecule has 0 bridgehead atoms. The predicted octanol–water partition coefficient (Wildman–Crippen LogP) is 1.47. The first-order chi connectivity index (χ1) is 8.91. The van der Waals surface area contributed by atoms with E-state index in [0.29, 0.717) is 0 Å². The van der Waals surface area contributed by atoms with Crippen LogP contribution < -0.4 is 10.6 Å². The zero-order valence-corrected chi connectivity index (χ0v) is 13.3. The second-order valence-corrected chi connectivity index (χ2v) is 6.50. The number of likely N-dealkylation sites (N-methyl/N-ethyl adjacent to an activating group) is 1. The van der Waals surface area contributed by atoms with Crippen molar-refractivity contribution in [2.24, 2.45) is 11.8 Å². The van der Waals surface area contributed by atoms with Crippen molar-refractivity contribution in [1.29, 1.82) is 0 Å². The van der Waals surface area contributed by atoms with Crippen molar-refractivity contribution in [2.45, 2.75) is 45.1 Å². The third-order valence-electron chi connectivity index (χ3n) is 4.57. The maximum atomic E-state index is 12.1. The van der Waals surface area contributed by atoms with Crippen molar-refractivity contribution in [1.82, 2.24) is 15.5 Å². The van der Waals surface area contributed by atoms with Gasteiger partial charge in [0.25, 0.3) is 0 Å². The molecule has 4 nitrogen and oxygen atoms in total. The van der Waals surface area contributed by atoms with Crippen LogP contribution in [-0.4, -0.2) is 50.6 Å². The van der Waals surface area contributed by atoms with Crippen LogP contribution in [0.3, 0.4) is 0 Å². The number of carbonyl (C=O) groups excluding carboxylic acids is 1. The van der Waals surface area contributed by atoms with Gasteiger partial charge in [-0.2, -0.15) is 0 Å². The first-order valence-corrected chi connectivity index (χ1v) is 7.51. The van der Waals surface area contributed by atoms with Crippen LogP contribution in [0.15, 0.2) is 0 Å². The standard InChI is InChI=1S/C15H31N3O/c1-12-7-6-8-15(9-12,18(4)5)11-17-14(19)13(2)10-16-3/h12-13,16H,6-11H2,1-5H3,(H,17,19). The van der Waals surface area contributed by atoms with Gasteiger partial charge in [0, 0.05) is 24.5 Å². The lowest BCUT2D eigenvalue weighted by molar-refractivity contribution is -0.125. The van der Waals surface area contributed by atoms with E-state index in [2.05, 4.69) is 36.6 Å². The van der Waals surface area contributed by atoms with E-state index in [1.807, 2.05) is 14.0 Å². The smallest absolute Gasteiger partial charge is 0.224 e. The van der Waals surface area contributed by atoms with Crippen LogP contribution in [-0.2, 0) is 4.79 Å². The number of amides is 1. The van der Waals surface area contributed by atoms with Gasteiger partial charge in [0.15, 0.2) is 0 Å². The van der Waals surface area contributed by atoms with Crippen LogP contribution in [0, 0.1) is 11.8 Å². The molecule has 0 saturated heterocycles. The van der Waals surface area contributed by atoms with Crippen LogP contribution in [0.2, 0.25) is 0 Å². The van der Waals surface area contributed by atoms with Crippen LogP contribution in [0.1, 0.15) is 39.5 Å². The number of hydrogen-bond acceptors (Lipinski definition) is 3. The molecule has 0 spiro atoms. The Morgan fingerprint density at radius 1 is 1.47 bits per heavy atom. The summed E-state index contributed by atoms with van der Waals surface area (Å²) < 4.78 is 0. The molecule has 1 rings (SSSR count). The highest BCUT2D eigenvalue weighted by Gasteiger charge is 2.37. The molecule has 3 unspecified atom stereocenters. The Hall–Kier alpha value is -0.610. The monoisotopic (exact) mass is 269 g/mol. The minimum atomic E-state index is 0.0326. The molecule has 4 heteroatoms. The summed E-state index contributed by atoms with van der Waals surface area (Å²) in [7, 11) is 6.16. The molecule has 0 aromatic carbocycles. The van der Waals surface area contributed by atoms with Crippen LogP contribution in [0.5, 0.6) is 0 Å². The fraction of sp³-hybridized carbons (Fsp3) is 0.933. The van der Waals surface area contributed by atoms with E-state index in [1.54, 1.807) is 0 Å². The summed E-state index contributed by atoms with van der Waals surface area (Å²) in [5.41, 5.74) is 0.146. The normalized spacial score (nSPS) is 29.3. The molecule has 1 saturated carbocycles. The second-order valence-electron chi connectivity index (χ2n) is 6.50. The molecule has 1 aliphatic rings. The quantitative estimate of drug-likeness (QED) is 0.767. The Labute approximate surface area is 118 Å². The third-order valence-corrected chi connectivity index (χ3v) is 4.57. The predicted molar refractivity (Wildman–Crippen MR) is 80.2 cm³/mol. The molecule has 0 radical (unpaired) electrons. The molecule has 0 aromatic rings. The summed E-state index contributed by atoms with van der Waals surface area (Å²) in [5, 5.41) is 6.21. The summed E-state index contributed by atoms with van der Waals surface area (Å²) in [4.78, 5) is 14.4. The van der Waals surface area contributed by atoms with Gasteiger partial charge in [0.05, 0.1) is 0 Å². The van der Waals surface area contributed by atoms with E-state index >= 15 is 0 Å². The average Bonchev–Trinajstić information content (AvgIpc) is 2.36. The van der Waals surface area contributed by atoms with E-state index in [9.17, 15) is 4.79 Å². The lowest BCUT2D eigenvalue weighted by Crippen LogP contribution is -2.55. The Balaban J connectivity index is 2.57. The minimum Gasteiger partial charge on any atom is -0.354 e. The fourth-order valence-corrected chi connectivity index (χ4v) is 3.18. The first-order valence-electron chi connectivity index (χ1n) is 7.51. The Morgan fingerprint density at radius 2 is 2.16 bits per heavy atom. The maximum Gasteiger partial charge on any atom is 0.224 e. The van der Waals surface area contributed by atoms with Crippen LogP contribution >= 0.6 is 0 Å². The molecular formula is C15H31N3O. The second kappa shape index (κ2) is 7.25. The van der Waals surface area contributed by atoms with Gasteiger partial charge in [-0.1, -0.05) is 26.7 Å². The number of nitrogens with one attached hydrogen (secondary N) is 2. The van der Waals surface area contributed by atoms with Gasteiger partial charge >= 0.3 is 0 Å². The number of nitrogens with zero attached hydrogens (tertiary/aromatic N) is 1. The molecule has 112 valence electrons. The molecule has 0 aliphatic heterocycles. The van der Waals surface area contributed by atoms with E-state index in [4.69, 9.17) is 0 Å². The number of hydrogen-bond donors (Lipinski definition) is 2. The zero-order valence-electron chi connectivity index (χ0n) is 13.3. The summed E-state index contributed by atoms with van der Waals surface area (Å²) >= 11 is 0. The van der Waals surface area contributed by atoms with Gasteiger partial charge in [0.2, 0.25) is 5.91 Å². The van der Waals surface area contributed by atoms with Crippen molar-refractivity contribution >= 4 is 5.91 Å². The van der Waals surface area contributed by atoms with Gasteiger partial charge in [-0.3, -0.25) is 4.79 Å². The lowest BCUT2D eigenvalue weighted by atomic mass is 9.75. The highest BCUT2D eigenvalue weighted by Crippen LogP contribution is 2.35. The van der Waals surface area contributed by atoms with Gasteiger partial charge in [-0.25, -0.2) is 0 Å². The topological polar surface area (TPSA) is 44.4 Å². The summed E-state index contributed by atoms with van der Waals surface area (Å²) in [6.45, 7) is 5.80. The maximum absolute atomic E-state index is 12.1. The Morgan fingerprint density at radius 3 is 2.68 bits per heavy atom. The highest BCUT2D eigenvalue weighted by atomic mass is 16.1. The molecule has 3 atom stereocenters. The number of carbonyl (C=O) groups is 1. The van der Waals surface area contributed by atoms with E-state index in [1.165, 1.54) is 25.7 Å².